The van der Waals surface area contributed by atoms with Crippen LogP contribution in [0.15, 0.2) is 12.1 Å². The molecular formula is C13H19F3N4. The summed E-state index contributed by atoms with van der Waals surface area (Å²) >= 11 is 0. The first-order valence-electron chi connectivity index (χ1n) is 6.55. The predicted molar refractivity (Wildman–Crippen MR) is 70.3 cm³/mol. The topological polar surface area (TPSA) is 44.5 Å². The molecule has 7 heteroatoms. The van der Waals surface area contributed by atoms with Gasteiger partial charge in [-0.3, -0.25) is 0 Å². The number of halogens is 3. The third kappa shape index (κ3) is 3.49. The third-order valence-electron chi connectivity index (χ3n) is 3.49. The minimum absolute atomic E-state index is 0.0466. The molecule has 0 spiro atoms. The Morgan fingerprint density at radius 2 is 1.70 bits per heavy atom. The maximum absolute atomic E-state index is 13.8. The van der Waals surface area contributed by atoms with Crippen molar-refractivity contribution in [2.45, 2.75) is 6.04 Å². The SMILES string of the molecule is CN1CCN(NC(CN)c2cc(F)c(F)cc2F)CC1. The van der Waals surface area contributed by atoms with Gasteiger partial charge in [-0.2, -0.15) is 0 Å². The molecule has 1 aliphatic heterocycles. The standard InChI is InChI=1S/C13H19F3N4/c1-19-2-4-20(5-3-19)18-13(8-17)9-6-11(15)12(16)7-10(9)14/h6-7,13,18H,2-5,8,17H2,1H3. The summed E-state index contributed by atoms with van der Waals surface area (Å²) in [6, 6.07) is 0.845. The maximum Gasteiger partial charge on any atom is 0.161 e. The number of nitrogens with one attached hydrogen (secondary N) is 1. The molecule has 0 saturated carbocycles. The number of benzene rings is 1. The molecule has 112 valence electrons. The molecule has 2 rings (SSSR count). The van der Waals surface area contributed by atoms with Crippen molar-refractivity contribution < 1.29 is 13.2 Å². The lowest BCUT2D eigenvalue weighted by Gasteiger charge is -2.35. The van der Waals surface area contributed by atoms with Crippen LogP contribution >= 0.6 is 0 Å². The fourth-order valence-electron chi connectivity index (χ4n) is 2.21. The largest absolute Gasteiger partial charge is 0.329 e. The molecule has 1 aromatic carbocycles. The zero-order chi connectivity index (χ0) is 14.7. The first-order valence-corrected chi connectivity index (χ1v) is 6.55. The quantitative estimate of drug-likeness (QED) is 0.807. The number of rotatable bonds is 4. The molecule has 3 N–H and O–H groups in total. The smallest absolute Gasteiger partial charge is 0.161 e. The minimum Gasteiger partial charge on any atom is -0.329 e. The van der Waals surface area contributed by atoms with E-state index in [-0.39, 0.29) is 12.1 Å². The van der Waals surface area contributed by atoms with Gasteiger partial charge in [0.25, 0.3) is 0 Å². The van der Waals surface area contributed by atoms with Crippen LogP contribution in [0.4, 0.5) is 13.2 Å². The van der Waals surface area contributed by atoms with Crippen molar-refractivity contribution in [3.05, 3.63) is 35.1 Å². The second-order valence-corrected chi connectivity index (χ2v) is 5.00. The molecule has 20 heavy (non-hydrogen) atoms. The first kappa shape index (κ1) is 15.2. The van der Waals surface area contributed by atoms with Crippen LogP contribution in [-0.4, -0.2) is 49.7 Å². The summed E-state index contributed by atoms with van der Waals surface area (Å²) in [6.45, 7) is 3.38. The van der Waals surface area contributed by atoms with Crippen molar-refractivity contribution in [1.29, 1.82) is 0 Å². The number of nitrogens with two attached hydrogens (primary N) is 1. The molecular weight excluding hydrogens is 269 g/mol. The van der Waals surface area contributed by atoms with E-state index in [2.05, 4.69) is 10.3 Å². The van der Waals surface area contributed by atoms with E-state index in [1.165, 1.54) is 0 Å². The van der Waals surface area contributed by atoms with Crippen molar-refractivity contribution >= 4 is 0 Å². The monoisotopic (exact) mass is 288 g/mol. The van der Waals surface area contributed by atoms with Gasteiger partial charge < -0.3 is 10.6 Å². The van der Waals surface area contributed by atoms with Gasteiger partial charge in [-0.25, -0.2) is 23.6 Å². The Hall–Kier alpha value is -1.15. The second-order valence-electron chi connectivity index (χ2n) is 5.00. The highest BCUT2D eigenvalue weighted by atomic mass is 19.2. The van der Waals surface area contributed by atoms with Crippen LogP contribution < -0.4 is 11.2 Å². The summed E-state index contributed by atoms with van der Waals surface area (Å²) in [5.41, 5.74) is 8.75. The van der Waals surface area contributed by atoms with E-state index in [9.17, 15) is 13.2 Å². The van der Waals surface area contributed by atoms with E-state index in [0.29, 0.717) is 6.07 Å². The lowest BCUT2D eigenvalue weighted by Crippen LogP contribution is -2.52. The van der Waals surface area contributed by atoms with E-state index < -0.39 is 23.5 Å². The average molecular weight is 288 g/mol. The molecule has 1 heterocycles. The highest BCUT2D eigenvalue weighted by Crippen LogP contribution is 2.20. The number of piperazine rings is 1. The Bertz CT molecular complexity index is 461. The maximum atomic E-state index is 13.8. The number of hydrogen-bond acceptors (Lipinski definition) is 4. The number of likely N-dealkylation sites (N-methyl/N-ethyl adjacent to an activating group) is 1. The lowest BCUT2D eigenvalue weighted by atomic mass is 10.1. The fraction of sp³-hybridized carbons (Fsp3) is 0.538. The molecule has 0 radical (unpaired) electrons. The highest BCUT2D eigenvalue weighted by molar-refractivity contribution is 5.23. The number of hydrazine groups is 1. The molecule has 1 atom stereocenters. The van der Waals surface area contributed by atoms with Crippen LogP contribution in [0, 0.1) is 17.5 Å². The molecule has 0 aliphatic carbocycles. The predicted octanol–water partition coefficient (Wildman–Crippen LogP) is 0.856. The molecule has 1 fully saturated rings. The zero-order valence-electron chi connectivity index (χ0n) is 11.4. The zero-order valence-corrected chi connectivity index (χ0v) is 11.4. The van der Waals surface area contributed by atoms with Crippen LogP contribution in [-0.2, 0) is 0 Å². The van der Waals surface area contributed by atoms with Crippen LogP contribution in [0.25, 0.3) is 0 Å². The Labute approximate surface area is 116 Å². The van der Waals surface area contributed by atoms with Gasteiger partial charge in [0.1, 0.15) is 5.82 Å². The van der Waals surface area contributed by atoms with Crippen molar-refractivity contribution in [1.82, 2.24) is 15.3 Å². The fourth-order valence-corrected chi connectivity index (χ4v) is 2.21. The summed E-state index contributed by atoms with van der Waals surface area (Å²) in [5, 5.41) is 1.93. The first-order chi connectivity index (χ1) is 9.51. The van der Waals surface area contributed by atoms with E-state index in [1.54, 1.807) is 0 Å². The van der Waals surface area contributed by atoms with Gasteiger partial charge in [-0.15, -0.1) is 0 Å². The van der Waals surface area contributed by atoms with Crippen molar-refractivity contribution in [2.75, 3.05) is 39.8 Å². The van der Waals surface area contributed by atoms with Gasteiger partial charge in [0.2, 0.25) is 0 Å². The molecule has 0 bridgehead atoms. The van der Waals surface area contributed by atoms with Gasteiger partial charge in [0.15, 0.2) is 11.6 Å². The van der Waals surface area contributed by atoms with E-state index in [0.717, 1.165) is 32.2 Å². The lowest BCUT2D eigenvalue weighted by molar-refractivity contribution is 0.0872. The molecule has 4 nitrogen and oxygen atoms in total. The molecule has 1 aliphatic rings. The Morgan fingerprint density at radius 1 is 1.10 bits per heavy atom. The van der Waals surface area contributed by atoms with Crippen LogP contribution in [0.2, 0.25) is 0 Å². The normalized spacial score (nSPS) is 19.2. The van der Waals surface area contributed by atoms with Gasteiger partial charge in [-0.05, 0) is 13.1 Å². The summed E-state index contributed by atoms with van der Waals surface area (Å²) in [4.78, 5) is 2.17. The summed E-state index contributed by atoms with van der Waals surface area (Å²) in [6.07, 6.45) is 0. The molecule has 1 unspecified atom stereocenters. The van der Waals surface area contributed by atoms with Crippen molar-refractivity contribution in [2.24, 2.45) is 5.73 Å². The van der Waals surface area contributed by atoms with Crippen LogP contribution in [0.1, 0.15) is 11.6 Å². The Balaban J connectivity index is 2.10. The van der Waals surface area contributed by atoms with E-state index in [4.69, 9.17) is 5.73 Å². The van der Waals surface area contributed by atoms with Gasteiger partial charge >= 0.3 is 0 Å². The molecule has 1 aromatic rings. The molecule has 0 aromatic heterocycles. The molecule has 1 saturated heterocycles. The van der Waals surface area contributed by atoms with E-state index in [1.807, 2.05) is 12.1 Å². The second kappa shape index (κ2) is 6.53. The van der Waals surface area contributed by atoms with Gasteiger partial charge in [0.05, 0.1) is 6.04 Å². The van der Waals surface area contributed by atoms with Crippen molar-refractivity contribution in [3.63, 3.8) is 0 Å². The summed E-state index contributed by atoms with van der Waals surface area (Å²) in [7, 11) is 2.02. The molecule has 0 amide bonds. The number of hydrogen-bond donors (Lipinski definition) is 2. The van der Waals surface area contributed by atoms with Crippen LogP contribution in [0.3, 0.4) is 0 Å². The average Bonchev–Trinajstić information content (AvgIpc) is 2.43. The minimum atomic E-state index is -1.19. The van der Waals surface area contributed by atoms with Gasteiger partial charge in [0, 0.05) is 44.4 Å². The Morgan fingerprint density at radius 3 is 2.30 bits per heavy atom. The van der Waals surface area contributed by atoms with Crippen molar-refractivity contribution in [3.8, 4) is 0 Å². The summed E-state index contributed by atoms with van der Waals surface area (Å²) in [5.74, 6) is -3.05. The van der Waals surface area contributed by atoms with Gasteiger partial charge in [-0.1, -0.05) is 0 Å². The third-order valence-corrected chi connectivity index (χ3v) is 3.49. The number of nitrogens with zero attached hydrogens (tertiary/aromatic N) is 2. The Kier molecular flexibility index (Phi) is 4.98. The van der Waals surface area contributed by atoms with E-state index >= 15 is 0 Å². The highest BCUT2D eigenvalue weighted by Gasteiger charge is 2.21. The van der Waals surface area contributed by atoms with Crippen LogP contribution in [0.5, 0.6) is 0 Å². The summed E-state index contributed by atoms with van der Waals surface area (Å²) < 4.78 is 40.0.